The summed E-state index contributed by atoms with van der Waals surface area (Å²) < 4.78 is 0. The lowest BCUT2D eigenvalue weighted by Gasteiger charge is -2.27. The van der Waals surface area contributed by atoms with Gasteiger partial charge < -0.3 is 11.1 Å². The van der Waals surface area contributed by atoms with Crippen LogP contribution in [0.2, 0.25) is 0 Å². The van der Waals surface area contributed by atoms with Crippen LogP contribution < -0.4 is 11.1 Å². The third-order valence-electron chi connectivity index (χ3n) is 3.95. The first-order valence-corrected chi connectivity index (χ1v) is 7.70. The van der Waals surface area contributed by atoms with Crippen molar-refractivity contribution in [1.29, 1.82) is 0 Å². The molecule has 0 heterocycles. The quantitative estimate of drug-likeness (QED) is 0.820. The van der Waals surface area contributed by atoms with E-state index in [4.69, 9.17) is 5.73 Å². The molecule has 1 saturated carbocycles. The predicted octanol–water partition coefficient (Wildman–Crippen LogP) is 2.61. The monoisotopic (exact) mass is 284 g/mol. The number of aryl methyl sites for hydroxylation is 1. The standard InChI is InChI=1S/C18H24N2O/c1-13-5-3-7-17(11-13)20-18(21)16-10-14(2)9-15(12-16)6-4-8-19/h9-10,12-13,17H,3,5,7-8,11,19H2,1-2H3,(H,20,21). The van der Waals surface area contributed by atoms with Crippen LogP contribution in [0.4, 0.5) is 0 Å². The fourth-order valence-electron chi connectivity index (χ4n) is 2.97. The van der Waals surface area contributed by atoms with Gasteiger partial charge in [-0.3, -0.25) is 4.79 Å². The van der Waals surface area contributed by atoms with E-state index >= 15 is 0 Å². The summed E-state index contributed by atoms with van der Waals surface area (Å²) >= 11 is 0. The van der Waals surface area contributed by atoms with Crippen molar-refractivity contribution in [3.8, 4) is 11.8 Å². The second-order valence-corrected chi connectivity index (χ2v) is 6.04. The van der Waals surface area contributed by atoms with Gasteiger partial charge in [-0.1, -0.05) is 31.6 Å². The first-order valence-electron chi connectivity index (χ1n) is 7.70. The largest absolute Gasteiger partial charge is 0.349 e. The second-order valence-electron chi connectivity index (χ2n) is 6.04. The fourth-order valence-corrected chi connectivity index (χ4v) is 2.97. The van der Waals surface area contributed by atoms with Gasteiger partial charge >= 0.3 is 0 Å². The molecular weight excluding hydrogens is 260 g/mol. The van der Waals surface area contributed by atoms with Gasteiger partial charge in [0, 0.05) is 17.2 Å². The van der Waals surface area contributed by atoms with Crippen LogP contribution in [0.1, 0.15) is 54.1 Å². The number of benzene rings is 1. The number of hydrogen-bond donors (Lipinski definition) is 2. The highest BCUT2D eigenvalue weighted by molar-refractivity contribution is 5.95. The zero-order valence-corrected chi connectivity index (χ0v) is 12.9. The van der Waals surface area contributed by atoms with Crippen LogP contribution in [-0.2, 0) is 0 Å². The molecule has 0 bridgehead atoms. The van der Waals surface area contributed by atoms with Crippen LogP contribution in [0.25, 0.3) is 0 Å². The molecule has 1 aromatic carbocycles. The summed E-state index contributed by atoms with van der Waals surface area (Å²) in [5.74, 6) is 6.54. The van der Waals surface area contributed by atoms with Crippen molar-refractivity contribution in [3.05, 3.63) is 34.9 Å². The van der Waals surface area contributed by atoms with Crippen LogP contribution in [-0.4, -0.2) is 18.5 Å². The third kappa shape index (κ3) is 4.61. The predicted molar refractivity (Wildman–Crippen MR) is 86.0 cm³/mol. The van der Waals surface area contributed by atoms with Crippen LogP contribution in [0.3, 0.4) is 0 Å². The molecule has 1 aliphatic carbocycles. The molecule has 1 fully saturated rings. The zero-order chi connectivity index (χ0) is 15.2. The number of nitrogens with two attached hydrogens (primary N) is 1. The van der Waals surface area contributed by atoms with E-state index in [1.807, 2.05) is 25.1 Å². The van der Waals surface area contributed by atoms with E-state index in [1.165, 1.54) is 12.8 Å². The Kier molecular flexibility index (Phi) is 5.41. The molecule has 1 aromatic rings. The van der Waals surface area contributed by atoms with Gasteiger partial charge in [0.2, 0.25) is 0 Å². The molecule has 2 atom stereocenters. The van der Waals surface area contributed by atoms with Crippen LogP contribution in [0.15, 0.2) is 18.2 Å². The van der Waals surface area contributed by atoms with Crippen molar-refractivity contribution in [2.45, 2.75) is 45.6 Å². The highest BCUT2D eigenvalue weighted by Gasteiger charge is 2.21. The lowest BCUT2D eigenvalue weighted by Crippen LogP contribution is -2.38. The van der Waals surface area contributed by atoms with Gasteiger partial charge in [0.25, 0.3) is 5.91 Å². The summed E-state index contributed by atoms with van der Waals surface area (Å²) in [6, 6.07) is 6.04. The summed E-state index contributed by atoms with van der Waals surface area (Å²) in [6.45, 7) is 4.56. The molecule has 0 spiro atoms. The van der Waals surface area contributed by atoms with E-state index in [-0.39, 0.29) is 5.91 Å². The zero-order valence-electron chi connectivity index (χ0n) is 12.9. The van der Waals surface area contributed by atoms with E-state index in [1.54, 1.807) is 0 Å². The van der Waals surface area contributed by atoms with Gasteiger partial charge in [0.05, 0.1) is 6.54 Å². The first kappa shape index (κ1) is 15.6. The number of carbonyl (C=O) groups excluding carboxylic acids is 1. The van der Waals surface area contributed by atoms with Gasteiger partial charge in [-0.15, -0.1) is 0 Å². The molecule has 21 heavy (non-hydrogen) atoms. The summed E-state index contributed by atoms with van der Waals surface area (Å²) in [5.41, 5.74) is 7.98. The highest BCUT2D eigenvalue weighted by Crippen LogP contribution is 2.23. The second kappa shape index (κ2) is 7.28. The number of hydrogen-bond acceptors (Lipinski definition) is 2. The maximum Gasteiger partial charge on any atom is 0.251 e. The highest BCUT2D eigenvalue weighted by atomic mass is 16.1. The summed E-state index contributed by atoms with van der Waals surface area (Å²) in [7, 11) is 0. The smallest absolute Gasteiger partial charge is 0.251 e. The van der Waals surface area contributed by atoms with Crippen molar-refractivity contribution in [2.75, 3.05) is 6.54 Å². The van der Waals surface area contributed by atoms with Crippen molar-refractivity contribution in [3.63, 3.8) is 0 Å². The Hall–Kier alpha value is -1.79. The van der Waals surface area contributed by atoms with Gasteiger partial charge in [0.15, 0.2) is 0 Å². The van der Waals surface area contributed by atoms with Crippen LogP contribution in [0, 0.1) is 24.7 Å². The summed E-state index contributed by atoms with van der Waals surface area (Å²) in [6.07, 6.45) is 4.64. The van der Waals surface area contributed by atoms with Gasteiger partial charge in [0.1, 0.15) is 0 Å². The summed E-state index contributed by atoms with van der Waals surface area (Å²) in [5, 5.41) is 3.16. The Morgan fingerprint density at radius 3 is 2.90 bits per heavy atom. The lowest BCUT2D eigenvalue weighted by molar-refractivity contribution is 0.0921. The van der Waals surface area contributed by atoms with E-state index < -0.39 is 0 Å². The molecule has 1 aliphatic rings. The SMILES string of the molecule is Cc1cc(C#CCN)cc(C(=O)NC2CCCC(C)C2)c1. The Morgan fingerprint density at radius 2 is 2.19 bits per heavy atom. The number of rotatable bonds is 2. The van der Waals surface area contributed by atoms with Gasteiger partial charge in [-0.25, -0.2) is 0 Å². The Bertz CT molecular complexity index is 568. The molecular formula is C18H24N2O. The average Bonchev–Trinajstić information content (AvgIpc) is 2.44. The van der Waals surface area contributed by atoms with E-state index in [0.29, 0.717) is 24.1 Å². The molecule has 0 aromatic heterocycles. The Morgan fingerprint density at radius 1 is 1.38 bits per heavy atom. The molecule has 3 nitrogen and oxygen atoms in total. The molecule has 2 unspecified atom stereocenters. The molecule has 2 rings (SSSR count). The number of amides is 1. The van der Waals surface area contributed by atoms with Crippen molar-refractivity contribution >= 4 is 5.91 Å². The topological polar surface area (TPSA) is 55.1 Å². The molecule has 0 saturated heterocycles. The van der Waals surface area contributed by atoms with E-state index in [0.717, 1.165) is 24.0 Å². The summed E-state index contributed by atoms with van der Waals surface area (Å²) in [4.78, 5) is 12.4. The maximum atomic E-state index is 12.4. The van der Waals surface area contributed by atoms with Crippen molar-refractivity contribution in [2.24, 2.45) is 11.7 Å². The lowest BCUT2D eigenvalue weighted by atomic mass is 9.87. The number of nitrogens with one attached hydrogen (secondary N) is 1. The normalized spacial score (nSPS) is 21.3. The van der Waals surface area contributed by atoms with Crippen molar-refractivity contribution < 1.29 is 4.79 Å². The molecule has 3 heteroatoms. The molecule has 0 aliphatic heterocycles. The van der Waals surface area contributed by atoms with Crippen LogP contribution >= 0.6 is 0 Å². The Labute approximate surface area is 127 Å². The Balaban J connectivity index is 2.09. The third-order valence-corrected chi connectivity index (χ3v) is 3.95. The molecule has 1 amide bonds. The van der Waals surface area contributed by atoms with Crippen LogP contribution in [0.5, 0.6) is 0 Å². The molecule has 112 valence electrons. The van der Waals surface area contributed by atoms with Crippen molar-refractivity contribution in [1.82, 2.24) is 5.32 Å². The maximum absolute atomic E-state index is 12.4. The fraction of sp³-hybridized carbons (Fsp3) is 0.500. The minimum Gasteiger partial charge on any atom is -0.349 e. The minimum absolute atomic E-state index is 0.00796. The van der Waals surface area contributed by atoms with Gasteiger partial charge in [-0.05, 0) is 49.4 Å². The number of carbonyl (C=O) groups is 1. The molecule has 3 N–H and O–H groups in total. The van der Waals surface area contributed by atoms with Gasteiger partial charge in [-0.2, -0.15) is 0 Å². The minimum atomic E-state index is 0.00796. The average molecular weight is 284 g/mol. The first-order chi connectivity index (χ1) is 10.1. The molecule has 0 radical (unpaired) electrons. The van der Waals surface area contributed by atoms with E-state index in [9.17, 15) is 4.79 Å². The van der Waals surface area contributed by atoms with E-state index in [2.05, 4.69) is 24.1 Å².